The standard InChI is InChI=1S/C13H18N2O3/c16-11-3-1-2-9(6-11)7-14-12-5-4-10(8-15-12)13(17)18/h4-5,8-9,11,16H,1-3,6-7H2,(H,14,15)(H,17,18). The van der Waals surface area contributed by atoms with Crippen LogP contribution in [0.1, 0.15) is 36.0 Å². The summed E-state index contributed by atoms with van der Waals surface area (Å²) < 4.78 is 0. The largest absolute Gasteiger partial charge is 0.478 e. The molecule has 3 N–H and O–H groups in total. The second-order valence-corrected chi connectivity index (χ2v) is 4.80. The van der Waals surface area contributed by atoms with Crippen molar-refractivity contribution < 1.29 is 15.0 Å². The Hall–Kier alpha value is -1.62. The molecule has 1 aliphatic rings. The van der Waals surface area contributed by atoms with Crippen molar-refractivity contribution in [1.29, 1.82) is 0 Å². The average Bonchev–Trinajstić information content (AvgIpc) is 2.37. The lowest BCUT2D eigenvalue weighted by molar-refractivity contribution is 0.0696. The van der Waals surface area contributed by atoms with E-state index in [1.165, 1.54) is 12.3 Å². The van der Waals surface area contributed by atoms with Gasteiger partial charge in [0.05, 0.1) is 11.7 Å². The number of carbonyl (C=O) groups is 1. The Bertz CT molecular complexity index is 405. The van der Waals surface area contributed by atoms with Gasteiger partial charge in [-0.3, -0.25) is 0 Å². The van der Waals surface area contributed by atoms with Gasteiger partial charge >= 0.3 is 5.97 Å². The van der Waals surface area contributed by atoms with Crippen molar-refractivity contribution in [2.45, 2.75) is 31.8 Å². The number of aromatic nitrogens is 1. The SMILES string of the molecule is O=C(O)c1ccc(NCC2CCCC(O)C2)nc1. The van der Waals surface area contributed by atoms with Crippen LogP contribution in [-0.4, -0.2) is 33.8 Å². The summed E-state index contributed by atoms with van der Waals surface area (Å²) in [4.78, 5) is 14.7. The van der Waals surface area contributed by atoms with E-state index in [4.69, 9.17) is 5.11 Å². The zero-order valence-electron chi connectivity index (χ0n) is 10.2. The highest BCUT2D eigenvalue weighted by atomic mass is 16.4. The van der Waals surface area contributed by atoms with E-state index in [0.717, 1.165) is 32.2 Å². The summed E-state index contributed by atoms with van der Waals surface area (Å²) >= 11 is 0. The first-order chi connectivity index (χ1) is 8.65. The highest BCUT2D eigenvalue weighted by molar-refractivity contribution is 5.87. The average molecular weight is 250 g/mol. The second-order valence-electron chi connectivity index (χ2n) is 4.80. The van der Waals surface area contributed by atoms with E-state index in [2.05, 4.69) is 10.3 Å². The lowest BCUT2D eigenvalue weighted by atomic mass is 9.87. The minimum atomic E-state index is -0.968. The van der Waals surface area contributed by atoms with Crippen LogP contribution in [0.5, 0.6) is 0 Å². The highest BCUT2D eigenvalue weighted by Crippen LogP contribution is 2.24. The molecule has 0 spiro atoms. The lowest BCUT2D eigenvalue weighted by Crippen LogP contribution is -2.25. The molecule has 2 unspecified atom stereocenters. The number of aliphatic hydroxyl groups is 1. The second kappa shape index (κ2) is 5.82. The molecule has 1 aromatic rings. The van der Waals surface area contributed by atoms with Crippen molar-refractivity contribution in [2.24, 2.45) is 5.92 Å². The van der Waals surface area contributed by atoms with Crippen molar-refractivity contribution in [3.05, 3.63) is 23.9 Å². The first-order valence-corrected chi connectivity index (χ1v) is 6.26. The fourth-order valence-electron chi connectivity index (χ4n) is 2.32. The van der Waals surface area contributed by atoms with Crippen molar-refractivity contribution in [2.75, 3.05) is 11.9 Å². The van der Waals surface area contributed by atoms with Crippen molar-refractivity contribution in [3.8, 4) is 0 Å². The number of aliphatic hydroxyl groups excluding tert-OH is 1. The van der Waals surface area contributed by atoms with E-state index in [1.54, 1.807) is 6.07 Å². The number of hydrogen-bond acceptors (Lipinski definition) is 4. The third-order valence-electron chi connectivity index (χ3n) is 3.34. The summed E-state index contributed by atoms with van der Waals surface area (Å²) in [5.74, 6) is 0.180. The van der Waals surface area contributed by atoms with Crippen LogP contribution < -0.4 is 5.32 Å². The van der Waals surface area contributed by atoms with Gasteiger partial charge in [-0.25, -0.2) is 9.78 Å². The molecule has 0 radical (unpaired) electrons. The molecule has 0 aliphatic heterocycles. The fourth-order valence-corrected chi connectivity index (χ4v) is 2.32. The third kappa shape index (κ3) is 3.43. The predicted octanol–water partition coefficient (Wildman–Crippen LogP) is 1.74. The molecule has 0 saturated heterocycles. The number of carboxylic acids is 1. The summed E-state index contributed by atoms with van der Waals surface area (Å²) in [5.41, 5.74) is 0.189. The maximum absolute atomic E-state index is 10.7. The van der Waals surface area contributed by atoms with Gasteiger partial charge in [0.2, 0.25) is 0 Å². The summed E-state index contributed by atoms with van der Waals surface area (Å²) in [6.45, 7) is 0.774. The normalized spacial score (nSPS) is 23.6. The Morgan fingerprint density at radius 3 is 2.89 bits per heavy atom. The first-order valence-electron chi connectivity index (χ1n) is 6.26. The van der Waals surface area contributed by atoms with E-state index >= 15 is 0 Å². The minimum absolute atomic E-state index is 0.173. The molecule has 2 atom stereocenters. The molecular formula is C13H18N2O3. The van der Waals surface area contributed by atoms with Crippen molar-refractivity contribution in [3.63, 3.8) is 0 Å². The van der Waals surface area contributed by atoms with Gasteiger partial charge in [-0.05, 0) is 37.3 Å². The molecule has 18 heavy (non-hydrogen) atoms. The lowest BCUT2D eigenvalue weighted by Gasteiger charge is -2.26. The van der Waals surface area contributed by atoms with Gasteiger partial charge in [-0.15, -0.1) is 0 Å². The fraction of sp³-hybridized carbons (Fsp3) is 0.538. The zero-order valence-corrected chi connectivity index (χ0v) is 10.2. The van der Waals surface area contributed by atoms with Gasteiger partial charge in [0.1, 0.15) is 5.82 Å². The Morgan fingerprint density at radius 1 is 1.44 bits per heavy atom. The van der Waals surface area contributed by atoms with Crippen LogP contribution >= 0.6 is 0 Å². The van der Waals surface area contributed by atoms with Crippen LogP contribution in [0.2, 0.25) is 0 Å². The molecule has 1 fully saturated rings. The summed E-state index contributed by atoms with van der Waals surface area (Å²) in [7, 11) is 0. The maximum Gasteiger partial charge on any atom is 0.337 e. The Balaban J connectivity index is 1.84. The predicted molar refractivity (Wildman–Crippen MR) is 67.7 cm³/mol. The van der Waals surface area contributed by atoms with Gasteiger partial charge < -0.3 is 15.5 Å². The number of hydrogen-bond donors (Lipinski definition) is 3. The Morgan fingerprint density at radius 2 is 2.28 bits per heavy atom. The molecule has 1 heterocycles. The smallest absolute Gasteiger partial charge is 0.337 e. The van der Waals surface area contributed by atoms with E-state index in [9.17, 15) is 9.90 Å². The molecule has 1 aliphatic carbocycles. The third-order valence-corrected chi connectivity index (χ3v) is 3.34. The van der Waals surface area contributed by atoms with E-state index < -0.39 is 5.97 Å². The monoisotopic (exact) mass is 250 g/mol. The number of nitrogens with zero attached hydrogens (tertiary/aromatic N) is 1. The summed E-state index contributed by atoms with van der Waals surface area (Å²) in [6.07, 6.45) is 5.10. The number of pyridine rings is 1. The molecule has 1 saturated carbocycles. The summed E-state index contributed by atoms with van der Waals surface area (Å²) in [6, 6.07) is 3.20. The van der Waals surface area contributed by atoms with Gasteiger partial charge in [-0.1, -0.05) is 6.42 Å². The molecule has 98 valence electrons. The molecule has 0 amide bonds. The van der Waals surface area contributed by atoms with Crippen LogP contribution in [-0.2, 0) is 0 Å². The molecule has 5 nitrogen and oxygen atoms in total. The highest BCUT2D eigenvalue weighted by Gasteiger charge is 2.19. The minimum Gasteiger partial charge on any atom is -0.478 e. The van der Waals surface area contributed by atoms with Crippen molar-refractivity contribution in [1.82, 2.24) is 4.98 Å². The van der Waals surface area contributed by atoms with Crippen molar-refractivity contribution >= 4 is 11.8 Å². The Kier molecular flexibility index (Phi) is 4.15. The number of nitrogens with one attached hydrogen (secondary N) is 1. The van der Waals surface area contributed by atoms with Gasteiger partial charge in [-0.2, -0.15) is 0 Å². The van der Waals surface area contributed by atoms with Gasteiger partial charge in [0.15, 0.2) is 0 Å². The first kappa shape index (κ1) is 12.8. The zero-order chi connectivity index (χ0) is 13.0. The van der Waals surface area contributed by atoms with Gasteiger partial charge in [0.25, 0.3) is 0 Å². The van der Waals surface area contributed by atoms with Crippen LogP contribution in [0, 0.1) is 5.92 Å². The summed E-state index contributed by atoms with van der Waals surface area (Å²) in [5, 5.41) is 21.5. The topological polar surface area (TPSA) is 82.5 Å². The number of anilines is 1. The van der Waals surface area contributed by atoms with Crippen LogP contribution in [0.4, 0.5) is 5.82 Å². The van der Waals surface area contributed by atoms with Gasteiger partial charge in [0, 0.05) is 12.7 Å². The molecule has 2 rings (SSSR count). The van der Waals surface area contributed by atoms with E-state index in [-0.39, 0.29) is 11.7 Å². The molecule has 5 heteroatoms. The van der Waals surface area contributed by atoms with Crippen LogP contribution in [0.15, 0.2) is 18.3 Å². The molecular weight excluding hydrogens is 232 g/mol. The van der Waals surface area contributed by atoms with E-state index in [0.29, 0.717) is 11.7 Å². The molecule has 0 aromatic carbocycles. The number of rotatable bonds is 4. The van der Waals surface area contributed by atoms with Crippen LogP contribution in [0.25, 0.3) is 0 Å². The van der Waals surface area contributed by atoms with E-state index in [1.807, 2.05) is 0 Å². The molecule has 0 bridgehead atoms. The van der Waals surface area contributed by atoms with Crippen LogP contribution in [0.3, 0.4) is 0 Å². The molecule has 1 aromatic heterocycles. The number of carboxylic acid groups (broad SMARTS) is 1. The number of aromatic carboxylic acids is 1. The quantitative estimate of drug-likeness (QED) is 0.758. The Labute approximate surface area is 106 Å². The maximum atomic E-state index is 10.7.